The number of nitrogens with one attached hydrogen (secondary N) is 2. The lowest BCUT2D eigenvalue weighted by Gasteiger charge is -2.29. The second kappa shape index (κ2) is 8.97. The summed E-state index contributed by atoms with van der Waals surface area (Å²) in [5.41, 5.74) is 0.767. The number of benzene rings is 1. The molecule has 3 amide bonds. The summed E-state index contributed by atoms with van der Waals surface area (Å²) in [6.45, 7) is 1.93. The standard InChI is InChI=1S/C23H23N3O5S/c1-23(30,19-7-3-11-31-19)14-24-20(27)21(28)25-16-8-9-17-15(13-16)5-2-10-26(17)22(29)18-6-4-12-32-18/h3-4,6-9,11-13,30H,2,5,10,14H2,1H3,(H,24,27)(H,25,28)/t23-/m0/s1. The van der Waals surface area contributed by atoms with Gasteiger partial charge in [-0.15, -0.1) is 11.3 Å². The van der Waals surface area contributed by atoms with Crippen molar-refractivity contribution in [3.05, 3.63) is 70.3 Å². The molecule has 0 unspecified atom stereocenters. The molecule has 0 aliphatic carbocycles. The van der Waals surface area contributed by atoms with Crippen LogP contribution in [0.5, 0.6) is 0 Å². The van der Waals surface area contributed by atoms with Crippen LogP contribution in [0.1, 0.15) is 34.3 Å². The van der Waals surface area contributed by atoms with E-state index in [0.29, 0.717) is 17.1 Å². The topological polar surface area (TPSA) is 112 Å². The first-order valence-electron chi connectivity index (χ1n) is 10.2. The summed E-state index contributed by atoms with van der Waals surface area (Å²) in [6.07, 6.45) is 3.00. The summed E-state index contributed by atoms with van der Waals surface area (Å²) in [4.78, 5) is 39.8. The van der Waals surface area contributed by atoms with Crippen LogP contribution in [0.25, 0.3) is 0 Å². The molecule has 32 heavy (non-hydrogen) atoms. The number of aliphatic hydroxyl groups is 1. The molecular weight excluding hydrogens is 430 g/mol. The number of thiophene rings is 1. The predicted octanol–water partition coefficient (Wildman–Crippen LogP) is 2.90. The van der Waals surface area contributed by atoms with Crippen LogP contribution < -0.4 is 15.5 Å². The van der Waals surface area contributed by atoms with Crippen molar-refractivity contribution in [1.29, 1.82) is 0 Å². The molecule has 0 fully saturated rings. The number of furan rings is 1. The number of anilines is 2. The summed E-state index contributed by atoms with van der Waals surface area (Å²) in [6, 6.07) is 12.1. The molecule has 2 aromatic heterocycles. The monoisotopic (exact) mass is 453 g/mol. The second-order valence-corrected chi connectivity index (χ2v) is 8.72. The maximum Gasteiger partial charge on any atom is 0.313 e. The van der Waals surface area contributed by atoms with E-state index in [0.717, 1.165) is 24.1 Å². The number of amides is 3. The maximum absolute atomic E-state index is 12.8. The summed E-state index contributed by atoms with van der Waals surface area (Å²) in [5, 5.41) is 17.3. The van der Waals surface area contributed by atoms with Gasteiger partial charge in [-0.3, -0.25) is 14.4 Å². The highest BCUT2D eigenvalue weighted by atomic mass is 32.1. The van der Waals surface area contributed by atoms with Gasteiger partial charge >= 0.3 is 11.8 Å². The van der Waals surface area contributed by atoms with Crippen LogP contribution >= 0.6 is 11.3 Å². The van der Waals surface area contributed by atoms with Gasteiger partial charge < -0.3 is 25.1 Å². The molecule has 1 aliphatic heterocycles. The van der Waals surface area contributed by atoms with Gasteiger partial charge in [0.25, 0.3) is 5.91 Å². The van der Waals surface area contributed by atoms with Crippen molar-refractivity contribution in [2.24, 2.45) is 0 Å². The molecule has 1 atom stereocenters. The van der Waals surface area contributed by atoms with E-state index in [1.807, 2.05) is 11.4 Å². The van der Waals surface area contributed by atoms with Crippen LogP contribution in [0.2, 0.25) is 0 Å². The fraction of sp³-hybridized carbons (Fsp3) is 0.261. The Kier molecular flexibility index (Phi) is 6.11. The SMILES string of the molecule is C[C@](O)(CNC(=O)C(=O)Nc1ccc2c(c1)CCCN2C(=O)c1cccs1)c1ccco1. The van der Waals surface area contributed by atoms with E-state index in [9.17, 15) is 19.5 Å². The molecule has 1 aliphatic rings. The number of fused-ring (bicyclic) bond motifs is 1. The zero-order chi connectivity index (χ0) is 22.7. The average Bonchev–Trinajstić information content (AvgIpc) is 3.51. The average molecular weight is 454 g/mol. The highest BCUT2D eigenvalue weighted by Gasteiger charge is 2.28. The number of carbonyl (C=O) groups is 3. The molecule has 0 saturated carbocycles. The quantitative estimate of drug-likeness (QED) is 0.515. The van der Waals surface area contributed by atoms with Crippen LogP contribution in [0.4, 0.5) is 11.4 Å². The Morgan fingerprint density at radius 2 is 2.03 bits per heavy atom. The Balaban J connectivity index is 1.40. The Labute approximate surface area is 188 Å². The van der Waals surface area contributed by atoms with Gasteiger partial charge in [-0.05, 0) is 67.1 Å². The Hall–Kier alpha value is -3.43. The third-order valence-electron chi connectivity index (χ3n) is 5.28. The van der Waals surface area contributed by atoms with Crippen molar-refractivity contribution >= 4 is 40.4 Å². The van der Waals surface area contributed by atoms with E-state index < -0.39 is 17.4 Å². The largest absolute Gasteiger partial charge is 0.466 e. The number of nitrogens with zero attached hydrogens (tertiary/aromatic N) is 1. The molecule has 0 bridgehead atoms. The van der Waals surface area contributed by atoms with E-state index in [4.69, 9.17) is 4.42 Å². The van der Waals surface area contributed by atoms with Crippen molar-refractivity contribution in [2.75, 3.05) is 23.3 Å². The van der Waals surface area contributed by atoms with Crippen LogP contribution in [-0.4, -0.2) is 35.9 Å². The third kappa shape index (κ3) is 4.58. The minimum Gasteiger partial charge on any atom is -0.466 e. The lowest BCUT2D eigenvalue weighted by Crippen LogP contribution is -2.43. The predicted molar refractivity (Wildman–Crippen MR) is 121 cm³/mol. The molecule has 0 spiro atoms. The highest BCUT2D eigenvalue weighted by Crippen LogP contribution is 2.31. The van der Waals surface area contributed by atoms with Gasteiger partial charge in [-0.25, -0.2) is 0 Å². The molecule has 0 radical (unpaired) electrons. The second-order valence-electron chi connectivity index (χ2n) is 7.77. The summed E-state index contributed by atoms with van der Waals surface area (Å²) >= 11 is 1.40. The molecular formula is C23H23N3O5S. The fourth-order valence-corrected chi connectivity index (χ4v) is 4.28. The third-order valence-corrected chi connectivity index (χ3v) is 6.14. The van der Waals surface area contributed by atoms with Crippen LogP contribution in [0.3, 0.4) is 0 Å². The van der Waals surface area contributed by atoms with Gasteiger partial charge in [-0.2, -0.15) is 0 Å². The van der Waals surface area contributed by atoms with Crippen molar-refractivity contribution in [1.82, 2.24) is 5.32 Å². The lowest BCUT2D eigenvalue weighted by atomic mass is 10.0. The van der Waals surface area contributed by atoms with E-state index in [-0.39, 0.29) is 18.2 Å². The number of aryl methyl sites for hydroxylation is 1. The molecule has 8 nitrogen and oxygen atoms in total. The number of carbonyl (C=O) groups excluding carboxylic acids is 3. The van der Waals surface area contributed by atoms with E-state index >= 15 is 0 Å². The van der Waals surface area contributed by atoms with Crippen LogP contribution in [-0.2, 0) is 21.6 Å². The minimum atomic E-state index is -1.44. The Morgan fingerprint density at radius 1 is 1.19 bits per heavy atom. The van der Waals surface area contributed by atoms with E-state index in [2.05, 4.69) is 10.6 Å². The van der Waals surface area contributed by atoms with Crippen molar-refractivity contribution < 1.29 is 23.9 Å². The van der Waals surface area contributed by atoms with Crippen molar-refractivity contribution in [3.63, 3.8) is 0 Å². The highest BCUT2D eigenvalue weighted by molar-refractivity contribution is 7.12. The van der Waals surface area contributed by atoms with Gasteiger partial charge in [0.1, 0.15) is 11.4 Å². The lowest BCUT2D eigenvalue weighted by molar-refractivity contribution is -0.136. The summed E-state index contributed by atoms with van der Waals surface area (Å²) in [7, 11) is 0. The van der Waals surface area contributed by atoms with Crippen molar-refractivity contribution in [3.8, 4) is 0 Å². The maximum atomic E-state index is 12.8. The van der Waals surface area contributed by atoms with Crippen LogP contribution in [0, 0.1) is 0 Å². The van der Waals surface area contributed by atoms with Gasteiger partial charge in [0, 0.05) is 17.9 Å². The molecule has 3 aromatic rings. The first-order valence-corrected chi connectivity index (χ1v) is 11.1. The normalized spacial score (nSPS) is 14.9. The Bertz CT molecular complexity index is 1120. The molecule has 0 saturated heterocycles. The van der Waals surface area contributed by atoms with Gasteiger partial charge in [0.15, 0.2) is 0 Å². The molecule has 1 aromatic carbocycles. The molecule has 3 heterocycles. The van der Waals surface area contributed by atoms with Crippen LogP contribution in [0.15, 0.2) is 58.5 Å². The summed E-state index contributed by atoms with van der Waals surface area (Å²) < 4.78 is 5.16. The smallest absolute Gasteiger partial charge is 0.313 e. The number of hydrogen-bond donors (Lipinski definition) is 3. The molecule has 4 rings (SSSR count). The van der Waals surface area contributed by atoms with E-state index in [1.165, 1.54) is 24.5 Å². The fourth-order valence-electron chi connectivity index (χ4n) is 3.61. The zero-order valence-corrected chi connectivity index (χ0v) is 18.3. The Morgan fingerprint density at radius 3 is 2.75 bits per heavy atom. The molecule has 166 valence electrons. The zero-order valence-electron chi connectivity index (χ0n) is 17.5. The minimum absolute atomic E-state index is 0.0410. The summed E-state index contributed by atoms with van der Waals surface area (Å²) in [5.74, 6) is -1.47. The van der Waals surface area contributed by atoms with Gasteiger partial charge in [0.05, 0.1) is 17.7 Å². The first-order chi connectivity index (χ1) is 15.3. The first kappa shape index (κ1) is 21.8. The molecule has 3 N–H and O–H groups in total. The van der Waals surface area contributed by atoms with Gasteiger partial charge in [-0.1, -0.05) is 6.07 Å². The van der Waals surface area contributed by atoms with E-state index in [1.54, 1.807) is 41.3 Å². The van der Waals surface area contributed by atoms with Gasteiger partial charge in [0.2, 0.25) is 0 Å². The number of rotatable bonds is 5. The molecule has 9 heteroatoms. The number of hydrogen-bond acceptors (Lipinski definition) is 6. The van der Waals surface area contributed by atoms with Crippen molar-refractivity contribution in [2.45, 2.75) is 25.4 Å².